The smallest absolute Gasteiger partial charge is 0.161 e. The summed E-state index contributed by atoms with van der Waals surface area (Å²) in [5.41, 5.74) is 2.43. The predicted octanol–water partition coefficient (Wildman–Crippen LogP) is 2.22. The van der Waals surface area contributed by atoms with Crippen LogP contribution in [0.3, 0.4) is 0 Å². The highest BCUT2D eigenvalue weighted by Crippen LogP contribution is 2.30. The van der Waals surface area contributed by atoms with E-state index in [0.717, 1.165) is 37.6 Å². The Morgan fingerprint density at radius 3 is 2.32 bits per heavy atom. The highest BCUT2D eigenvalue weighted by molar-refractivity contribution is 5.47. The Kier molecular flexibility index (Phi) is 6.67. The molecule has 0 aliphatic carbocycles. The summed E-state index contributed by atoms with van der Waals surface area (Å²) in [6.07, 6.45) is 0.806. The number of ether oxygens (including phenoxy) is 2. The molecule has 4 nitrogen and oxygen atoms in total. The van der Waals surface area contributed by atoms with Gasteiger partial charge in [0, 0.05) is 19.7 Å². The number of nitrogens with zero attached hydrogens (tertiary/aromatic N) is 1. The van der Waals surface area contributed by atoms with Crippen molar-refractivity contribution in [2.24, 2.45) is 0 Å². The van der Waals surface area contributed by atoms with E-state index in [4.69, 9.17) is 14.6 Å². The number of methoxy groups -OCH3 is 2. The number of rotatable bonds is 8. The number of hydrogen-bond acceptors (Lipinski definition) is 4. The second kappa shape index (κ2) is 8.02. The maximum Gasteiger partial charge on any atom is 0.161 e. The highest BCUT2D eigenvalue weighted by atomic mass is 16.5. The van der Waals surface area contributed by atoms with Crippen molar-refractivity contribution >= 4 is 0 Å². The summed E-state index contributed by atoms with van der Waals surface area (Å²) in [5, 5.41) is 8.92. The molecule has 0 unspecified atom stereocenters. The van der Waals surface area contributed by atoms with Crippen LogP contribution >= 0.6 is 0 Å². The molecule has 0 aliphatic rings. The van der Waals surface area contributed by atoms with Crippen LogP contribution < -0.4 is 9.47 Å². The van der Waals surface area contributed by atoms with Crippen molar-refractivity contribution in [3.8, 4) is 11.5 Å². The molecule has 1 N–H and O–H groups in total. The number of aliphatic hydroxyl groups excluding tert-OH is 1. The van der Waals surface area contributed by atoms with Crippen LogP contribution in [0, 0.1) is 6.92 Å². The quantitative estimate of drug-likeness (QED) is 0.784. The van der Waals surface area contributed by atoms with E-state index in [0.29, 0.717) is 0 Å². The Labute approximate surface area is 115 Å². The molecule has 1 aromatic carbocycles. The third-order valence-electron chi connectivity index (χ3n) is 3.32. The van der Waals surface area contributed by atoms with Gasteiger partial charge in [0.1, 0.15) is 0 Å². The van der Waals surface area contributed by atoms with Gasteiger partial charge in [0.15, 0.2) is 11.5 Å². The second-order valence-corrected chi connectivity index (χ2v) is 4.58. The average molecular weight is 267 g/mol. The van der Waals surface area contributed by atoms with Gasteiger partial charge >= 0.3 is 0 Å². The van der Waals surface area contributed by atoms with Crippen LogP contribution in [-0.2, 0) is 6.54 Å². The van der Waals surface area contributed by atoms with E-state index < -0.39 is 0 Å². The zero-order valence-electron chi connectivity index (χ0n) is 12.4. The van der Waals surface area contributed by atoms with Crippen LogP contribution in [0.15, 0.2) is 12.1 Å². The summed E-state index contributed by atoms with van der Waals surface area (Å²) >= 11 is 0. The first-order valence-corrected chi connectivity index (χ1v) is 6.71. The van der Waals surface area contributed by atoms with E-state index in [2.05, 4.69) is 18.7 Å². The van der Waals surface area contributed by atoms with Crippen molar-refractivity contribution in [1.29, 1.82) is 0 Å². The van der Waals surface area contributed by atoms with E-state index >= 15 is 0 Å². The fourth-order valence-electron chi connectivity index (χ4n) is 2.08. The molecule has 0 heterocycles. The largest absolute Gasteiger partial charge is 0.493 e. The normalized spacial score (nSPS) is 10.8. The van der Waals surface area contributed by atoms with Gasteiger partial charge in [-0.3, -0.25) is 4.90 Å². The van der Waals surface area contributed by atoms with E-state index in [-0.39, 0.29) is 6.61 Å². The molecule has 4 heteroatoms. The van der Waals surface area contributed by atoms with Crippen molar-refractivity contribution < 1.29 is 14.6 Å². The fourth-order valence-corrected chi connectivity index (χ4v) is 2.08. The third kappa shape index (κ3) is 4.40. The number of hydrogen-bond donors (Lipinski definition) is 1. The molecule has 1 rings (SSSR count). The maximum atomic E-state index is 8.92. The molecule has 0 aliphatic heterocycles. The van der Waals surface area contributed by atoms with Gasteiger partial charge in [0.25, 0.3) is 0 Å². The van der Waals surface area contributed by atoms with Crippen LogP contribution in [0.2, 0.25) is 0 Å². The number of aliphatic hydroxyl groups is 1. The van der Waals surface area contributed by atoms with Gasteiger partial charge in [-0.25, -0.2) is 0 Å². The molecule has 1 aromatic rings. The van der Waals surface area contributed by atoms with Crippen molar-refractivity contribution in [3.05, 3.63) is 23.3 Å². The third-order valence-corrected chi connectivity index (χ3v) is 3.32. The molecule has 108 valence electrons. The molecule has 0 bridgehead atoms. The molecule has 0 aromatic heterocycles. The summed E-state index contributed by atoms with van der Waals surface area (Å²) in [6, 6.07) is 4.05. The molecular formula is C15H25NO3. The van der Waals surface area contributed by atoms with Crippen molar-refractivity contribution in [2.45, 2.75) is 26.8 Å². The first kappa shape index (κ1) is 15.8. The highest BCUT2D eigenvalue weighted by Gasteiger charge is 2.11. The Hall–Kier alpha value is -1.26. The first-order valence-electron chi connectivity index (χ1n) is 6.71. The van der Waals surface area contributed by atoms with Crippen LogP contribution in [0.4, 0.5) is 0 Å². The average Bonchev–Trinajstić information content (AvgIpc) is 2.44. The monoisotopic (exact) mass is 267 g/mol. The molecule has 0 radical (unpaired) electrons. The van der Waals surface area contributed by atoms with Crippen molar-refractivity contribution in [2.75, 3.05) is 33.9 Å². The number of benzene rings is 1. The molecule has 0 saturated heterocycles. The summed E-state index contributed by atoms with van der Waals surface area (Å²) in [5.74, 6) is 1.53. The van der Waals surface area contributed by atoms with Gasteiger partial charge < -0.3 is 14.6 Å². The lowest BCUT2D eigenvalue weighted by Gasteiger charge is -2.22. The minimum atomic E-state index is 0.238. The summed E-state index contributed by atoms with van der Waals surface area (Å²) in [4.78, 5) is 2.31. The Balaban J connectivity index is 2.87. The lowest BCUT2D eigenvalue weighted by molar-refractivity contribution is 0.225. The molecule has 0 amide bonds. The van der Waals surface area contributed by atoms with Gasteiger partial charge in [-0.05, 0) is 43.1 Å². The van der Waals surface area contributed by atoms with Gasteiger partial charge in [-0.15, -0.1) is 0 Å². The Morgan fingerprint density at radius 1 is 1.16 bits per heavy atom. The SMILES string of the molecule is CCN(CCCO)Cc1cc(OC)c(OC)cc1C. The van der Waals surface area contributed by atoms with Gasteiger partial charge in [0.2, 0.25) is 0 Å². The molecule has 19 heavy (non-hydrogen) atoms. The van der Waals surface area contributed by atoms with Crippen LogP contribution in [0.5, 0.6) is 11.5 Å². The maximum absolute atomic E-state index is 8.92. The van der Waals surface area contributed by atoms with Crippen molar-refractivity contribution in [1.82, 2.24) is 4.90 Å². The molecule has 0 spiro atoms. The second-order valence-electron chi connectivity index (χ2n) is 4.58. The van der Waals surface area contributed by atoms with E-state index in [1.165, 1.54) is 11.1 Å². The fraction of sp³-hybridized carbons (Fsp3) is 0.600. The number of aryl methyl sites for hydroxylation is 1. The predicted molar refractivity (Wildman–Crippen MR) is 76.9 cm³/mol. The molecule has 0 fully saturated rings. The summed E-state index contributed by atoms with van der Waals surface area (Å²) in [6.45, 7) is 7.18. The van der Waals surface area contributed by atoms with Crippen LogP contribution in [-0.4, -0.2) is 43.9 Å². The van der Waals surface area contributed by atoms with Gasteiger partial charge in [-0.2, -0.15) is 0 Å². The Bertz CT molecular complexity index is 393. The zero-order chi connectivity index (χ0) is 14.3. The van der Waals surface area contributed by atoms with Gasteiger partial charge in [0.05, 0.1) is 14.2 Å². The topological polar surface area (TPSA) is 41.9 Å². The standard InChI is InChI=1S/C15H25NO3/c1-5-16(7-6-8-17)11-13-10-15(19-4)14(18-3)9-12(13)2/h9-10,17H,5-8,11H2,1-4H3. The first-order chi connectivity index (χ1) is 9.15. The minimum Gasteiger partial charge on any atom is -0.493 e. The summed E-state index contributed by atoms with van der Waals surface area (Å²) < 4.78 is 10.6. The zero-order valence-corrected chi connectivity index (χ0v) is 12.4. The molecule has 0 saturated carbocycles. The van der Waals surface area contributed by atoms with E-state index in [1.807, 2.05) is 12.1 Å². The van der Waals surface area contributed by atoms with E-state index in [1.54, 1.807) is 14.2 Å². The van der Waals surface area contributed by atoms with Crippen molar-refractivity contribution in [3.63, 3.8) is 0 Å². The van der Waals surface area contributed by atoms with Gasteiger partial charge in [-0.1, -0.05) is 6.92 Å². The van der Waals surface area contributed by atoms with E-state index in [9.17, 15) is 0 Å². The molecular weight excluding hydrogens is 242 g/mol. The summed E-state index contributed by atoms with van der Waals surface area (Å²) in [7, 11) is 3.30. The lowest BCUT2D eigenvalue weighted by Crippen LogP contribution is -2.25. The Morgan fingerprint density at radius 2 is 1.79 bits per heavy atom. The minimum absolute atomic E-state index is 0.238. The lowest BCUT2D eigenvalue weighted by atomic mass is 10.1. The van der Waals surface area contributed by atoms with Crippen LogP contribution in [0.1, 0.15) is 24.5 Å². The van der Waals surface area contributed by atoms with Crippen LogP contribution in [0.25, 0.3) is 0 Å². The molecule has 0 atom stereocenters.